The summed E-state index contributed by atoms with van der Waals surface area (Å²) in [5.41, 5.74) is 1.09. The third kappa shape index (κ3) is 4.73. The highest BCUT2D eigenvalue weighted by Crippen LogP contribution is 2.10. The van der Waals surface area contributed by atoms with Gasteiger partial charge in [0, 0.05) is 30.1 Å². The highest BCUT2D eigenvalue weighted by atomic mass is 35.5. The van der Waals surface area contributed by atoms with Crippen LogP contribution < -0.4 is 10.6 Å². The average molecular weight is 271 g/mol. The summed E-state index contributed by atoms with van der Waals surface area (Å²) in [5, 5.41) is 13.8. The molecule has 0 bridgehead atoms. The van der Waals surface area contributed by atoms with Crippen molar-refractivity contribution in [3.63, 3.8) is 0 Å². The Labute approximate surface area is 110 Å². The van der Waals surface area contributed by atoms with E-state index in [4.69, 9.17) is 16.7 Å². The van der Waals surface area contributed by atoms with Crippen molar-refractivity contribution in [3.05, 3.63) is 29.8 Å². The number of benzene rings is 1. The number of aliphatic hydroxyl groups is 1. The van der Waals surface area contributed by atoms with Gasteiger partial charge in [0.15, 0.2) is 0 Å². The Morgan fingerprint density at radius 2 is 1.89 bits per heavy atom. The maximum Gasteiger partial charge on any atom is 0.251 e. The van der Waals surface area contributed by atoms with E-state index in [9.17, 15) is 9.59 Å². The molecular formula is C12H15ClN2O3. The lowest BCUT2D eigenvalue weighted by atomic mass is 10.2. The van der Waals surface area contributed by atoms with E-state index in [0.717, 1.165) is 0 Å². The minimum absolute atomic E-state index is 0.0989. The fraction of sp³-hybridized carbons (Fsp3) is 0.333. The smallest absolute Gasteiger partial charge is 0.251 e. The minimum atomic E-state index is -0.261. The second-order valence-corrected chi connectivity index (χ2v) is 3.92. The monoisotopic (exact) mass is 270 g/mol. The average Bonchev–Trinajstić information content (AvgIpc) is 2.37. The number of anilines is 1. The Bertz CT molecular complexity index is 406. The van der Waals surface area contributed by atoms with Crippen LogP contribution in [0.1, 0.15) is 16.8 Å². The van der Waals surface area contributed by atoms with E-state index in [1.54, 1.807) is 24.3 Å². The second kappa shape index (κ2) is 7.68. The van der Waals surface area contributed by atoms with Crippen LogP contribution in [-0.2, 0) is 4.79 Å². The van der Waals surface area contributed by atoms with Crippen LogP contribution in [0.5, 0.6) is 0 Å². The van der Waals surface area contributed by atoms with Crippen molar-refractivity contribution in [1.82, 2.24) is 5.32 Å². The number of carbonyl (C=O) groups excluding carboxylic acids is 2. The maximum atomic E-state index is 11.5. The zero-order chi connectivity index (χ0) is 13.4. The van der Waals surface area contributed by atoms with E-state index in [-0.39, 0.29) is 37.3 Å². The first-order valence-corrected chi connectivity index (χ1v) is 6.05. The Balaban J connectivity index is 2.57. The quantitative estimate of drug-likeness (QED) is 0.674. The van der Waals surface area contributed by atoms with Gasteiger partial charge in [0.2, 0.25) is 5.91 Å². The molecule has 0 aromatic heterocycles. The number of carbonyl (C=O) groups is 2. The Hall–Kier alpha value is -1.59. The molecule has 0 unspecified atom stereocenters. The number of amides is 2. The molecule has 0 fully saturated rings. The SMILES string of the molecule is O=C(CCCl)Nc1ccc(C(=O)NCCO)cc1. The maximum absolute atomic E-state index is 11.5. The fourth-order valence-electron chi connectivity index (χ4n) is 1.29. The van der Waals surface area contributed by atoms with Gasteiger partial charge in [0.05, 0.1) is 6.61 Å². The van der Waals surface area contributed by atoms with Gasteiger partial charge in [-0.15, -0.1) is 11.6 Å². The number of halogens is 1. The second-order valence-electron chi connectivity index (χ2n) is 3.54. The van der Waals surface area contributed by atoms with Crippen LogP contribution in [0.25, 0.3) is 0 Å². The highest BCUT2D eigenvalue weighted by Gasteiger charge is 2.05. The van der Waals surface area contributed by atoms with Crippen molar-refractivity contribution in [3.8, 4) is 0 Å². The molecule has 0 saturated carbocycles. The zero-order valence-corrected chi connectivity index (χ0v) is 10.5. The number of alkyl halides is 1. The first kappa shape index (κ1) is 14.5. The number of aliphatic hydroxyl groups excluding tert-OH is 1. The summed E-state index contributed by atoms with van der Waals surface area (Å²) in [6.45, 7) is 0.116. The van der Waals surface area contributed by atoms with Crippen LogP contribution in [0.2, 0.25) is 0 Å². The number of rotatable bonds is 6. The third-order valence-corrected chi connectivity index (χ3v) is 2.34. The van der Waals surface area contributed by atoms with E-state index in [2.05, 4.69) is 10.6 Å². The molecule has 0 heterocycles. The normalized spacial score (nSPS) is 9.89. The fourth-order valence-corrected chi connectivity index (χ4v) is 1.46. The molecule has 1 rings (SSSR count). The van der Waals surface area contributed by atoms with Gasteiger partial charge in [-0.1, -0.05) is 0 Å². The Morgan fingerprint density at radius 1 is 1.22 bits per heavy atom. The number of hydrogen-bond acceptors (Lipinski definition) is 3. The molecule has 0 aliphatic carbocycles. The van der Waals surface area contributed by atoms with Crippen molar-refractivity contribution in [1.29, 1.82) is 0 Å². The first-order valence-electron chi connectivity index (χ1n) is 5.52. The molecule has 18 heavy (non-hydrogen) atoms. The molecular weight excluding hydrogens is 256 g/mol. The van der Waals surface area contributed by atoms with Crippen molar-refractivity contribution in [2.24, 2.45) is 0 Å². The number of nitrogens with one attached hydrogen (secondary N) is 2. The van der Waals surface area contributed by atoms with Gasteiger partial charge in [-0.25, -0.2) is 0 Å². The van der Waals surface area contributed by atoms with Gasteiger partial charge in [-0.05, 0) is 24.3 Å². The Morgan fingerprint density at radius 3 is 2.44 bits per heavy atom. The summed E-state index contributed by atoms with van der Waals surface area (Å²) < 4.78 is 0. The topological polar surface area (TPSA) is 78.4 Å². The summed E-state index contributed by atoms with van der Waals surface area (Å²) in [6.07, 6.45) is 0.250. The summed E-state index contributed by atoms with van der Waals surface area (Å²) in [7, 11) is 0. The van der Waals surface area contributed by atoms with Gasteiger partial charge < -0.3 is 15.7 Å². The summed E-state index contributed by atoms with van der Waals surface area (Å²) in [4.78, 5) is 22.8. The standard InChI is InChI=1S/C12H15ClN2O3/c13-6-5-11(17)15-10-3-1-9(2-4-10)12(18)14-7-8-16/h1-4,16H,5-8H2,(H,14,18)(H,15,17). The summed E-state index contributed by atoms with van der Waals surface area (Å²) >= 11 is 5.44. The van der Waals surface area contributed by atoms with Crippen molar-refractivity contribution in [2.45, 2.75) is 6.42 Å². The zero-order valence-electron chi connectivity index (χ0n) is 9.78. The molecule has 0 atom stereocenters. The van der Waals surface area contributed by atoms with E-state index >= 15 is 0 Å². The first-order chi connectivity index (χ1) is 8.67. The van der Waals surface area contributed by atoms with Crippen LogP contribution >= 0.6 is 11.6 Å². The van der Waals surface area contributed by atoms with E-state index in [1.807, 2.05) is 0 Å². The molecule has 1 aromatic carbocycles. The molecule has 0 spiro atoms. The van der Waals surface area contributed by atoms with Gasteiger partial charge in [-0.2, -0.15) is 0 Å². The van der Waals surface area contributed by atoms with E-state index < -0.39 is 0 Å². The van der Waals surface area contributed by atoms with E-state index in [0.29, 0.717) is 11.3 Å². The van der Waals surface area contributed by atoms with E-state index in [1.165, 1.54) is 0 Å². The van der Waals surface area contributed by atoms with Crippen LogP contribution in [0.4, 0.5) is 5.69 Å². The van der Waals surface area contributed by atoms with Crippen LogP contribution in [0.15, 0.2) is 24.3 Å². The molecule has 0 radical (unpaired) electrons. The lowest BCUT2D eigenvalue weighted by molar-refractivity contribution is -0.115. The van der Waals surface area contributed by atoms with Crippen LogP contribution in [0, 0.1) is 0 Å². The van der Waals surface area contributed by atoms with Crippen molar-refractivity contribution >= 4 is 29.1 Å². The largest absolute Gasteiger partial charge is 0.395 e. The molecule has 0 aliphatic rings. The molecule has 1 aromatic rings. The van der Waals surface area contributed by atoms with Gasteiger partial charge in [0.25, 0.3) is 5.91 Å². The van der Waals surface area contributed by atoms with Crippen molar-refractivity contribution in [2.75, 3.05) is 24.3 Å². The molecule has 0 aliphatic heterocycles. The molecule has 2 amide bonds. The van der Waals surface area contributed by atoms with Crippen molar-refractivity contribution < 1.29 is 14.7 Å². The lowest BCUT2D eigenvalue weighted by Crippen LogP contribution is -2.26. The van der Waals surface area contributed by atoms with Gasteiger partial charge in [0.1, 0.15) is 0 Å². The van der Waals surface area contributed by atoms with Crippen LogP contribution in [-0.4, -0.2) is 36.0 Å². The minimum Gasteiger partial charge on any atom is -0.395 e. The predicted molar refractivity (Wildman–Crippen MR) is 69.8 cm³/mol. The third-order valence-electron chi connectivity index (χ3n) is 2.15. The molecule has 5 nitrogen and oxygen atoms in total. The lowest BCUT2D eigenvalue weighted by Gasteiger charge is -2.06. The molecule has 98 valence electrons. The summed E-state index contributed by atoms with van der Waals surface area (Å²) in [5.74, 6) is -0.154. The van der Waals surface area contributed by atoms with Crippen LogP contribution in [0.3, 0.4) is 0 Å². The highest BCUT2D eigenvalue weighted by molar-refractivity contribution is 6.19. The predicted octanol–water partition coefficient (Wildman–Crippen LogP) is 0.976. The van der Waals surface area contributed by atoms with Gasteiger partial charge >= 0.3 is 0 Å². The Kier molecular flexibility index (Phi) is 6.18. The van der Waals surface area contributed by atoms with Gasteiger partial charge in [-0.3, -0.25) is 9.59 Å². The molecule has 3 N–H and O–H groups in total. The summed E-state index contributed by atoms with van der Waals surface area (Å²) in [6, 6.07) is 6.48. The number of hydrogen-bond donors (Lipinski definition) is 3. The molecule has 6 heteroatoms. The molecule has 0 saturated heterocycles.